The molecule has 1 aliphatic heterocycles. The predicted molar refractivity (Wildman–Crippen MR) is 132 cm³/mol. The third kappa shape index (κ3) is 5.09. The summed E-state index contributed by atoms with van der Waals surface area (Å²) in [5.41, 5.74) is 1.75. The zero-order valence-corrected chi connectivity index (χ0v) is 20.8. The maximum atomic E-state index is 13.2. The molecule has 1 heterocycles. The highest BCUT2D eigenvalue weighted by molar-refractivity contribution is 6.46. The first-order valence-electron chi connectivity index (χ1n) is 11.5. The lowest BCUT2D eigenvalue weighted by Crippen LogP contribution is -2.35. The van der Waals surface area contributed by atoms with E-state index in [9.17, 15) is 19.8 Å². The minimum Gasteiger partial charge on any atom is -0.508 e. The van der Waals surface area contributed by atoms with Crippen molar-refractivity contribution in [2.45, 2.75) is 39.2 Å². The number of likely N-dealkylation sites (tertiary alicyclic amines) is 1. The van der Waals surface area contributed by atoms with Crippen molar-refractivity contribution in [1.82, 2.24) is 9.80 Å². The molecule has 1 fully saturated rings. The van der Waals surface area contributed by atoms with Crippen molar-refractivity contribution >= 4 is 17.4 Å². The van der Waals surface area contributed by atoms with Crippen molar-refractivity contribution in [3.8, 4) is 11.5 Å². The van der Waals surface area contributed by atoms with E-state index in [0.29, 0.717) is 36.6 Å². The first-order chi connectivity index (χ1) is 16.0. The Balaban J connectivity index is 2.19. The number of rotatable bonds is 7. The average molecular weight is 467 g/mol. The van der Waals surface area contributed by atoms with Crippen LogP contribution >= 0.6 is 0 Å². The predicted octanol–water partition coefficient (Wildman–Crippen LogP) is 4.07. The largest absolute Gasteiger partial charge is 0.508 e. The molecule has 0 bridgehead atoms. The molecule has 1 aliphatic rings. The summed E-state index contributed by atoms with van der Waals surface area (Å²) < 4.78 is 5.78. The molecule has 7 nitrogen and oxygen atoms in total. The molecular weight excluding hydrogens is 432 g/mol. The van der Waals surface area contributed by atoms with Gasteiger partial charge in [0.1, 0.15) is 17.3 Å². The normalized spacial score (nSPS) is 18.1. The van der Waals surface area contributed by atoms with Crippen LogP contribution in [0.3, 0.4) is 0 Å². The Hall–Kier alpha value is -3.32. The summed E-state index contributed by atoms with van der Waals surface area (Å²) in [5.74, 6) is -0.801. The standard InChI is InChI=1S/C27H34N2O5/c1-7-34-21-13-10-18(16-20(21)27(2,3)4)24(31)22-23(17-8-11-19(30)12-9-17)29(15-14-28(5)6)26(33)25(22)32/h8-13,16,23,30-31H,7,14-15H2,1-6H3/b24-22-. The lowest BCUT2D eigenvalue weighted by molar-refractivity contribution is -0.140. The average Bonchev–Trinajstić information content (AvgIpc) is 3.02. The number of benzene rings is 2. The monoisotopic (exact) mass is 466 g/mol. The second-order valence-corrected chi connectivity index (χ2v) is 9.78. The summed E-state index contributed by atoms with van der Waals surface area (Å²) >= 11 is 0. The number of carbonyl (C=O) groups excluding carboxylic acids is 2. The summed E-state index contributed by atoms with van der Waals surface area (Å²) in [4.78, 5) is 29.6. The van der Waals surface area contributed by atoms with Gasteiger partial charge in [-0.2, -0.15) is 0 Å². The zero-order valence-electron chi connectivity index (χ0n) is 20.8. The van der Waals surface area contributed by atoms with Crippen LogP contribution in [0.1, 0.15) is 50.4 Å². The zero-order chi connectivity index (χ0) is 25.2. The van der Waals surface area contributed by atoms with Crippen molar-refractivity contribution in [3.63, 3.8) is 0 Å². The van der Waals surface area contributed by atoms with E-state index in [0.717, 1.165) is 5.56 Å². The van der Waals surface area contributed by atoms with Crippen molar-refractivity contribution in [3.05, 3.63) is 64.7 Å². The molecule has 0 spiro atoms. The Morgan fingerprint density at radius 3 is 2.29 bits per heavy atom. The number of phenolic OH excluding ortho intramolecular Hbond substituents is 1. The fourth-order valence-corrected chi connectivity index (χ4v) is 4.12. The second kappa shape index (κ2) is 9.89. The number of amides is 1. The Morgan fingerprint density at radius 2 is 1.74 bits per heavy atom. The molecule has 7 heteroatoms. The molecule has 2 aromatic rings. The third-order valence-electron chi connectivity index (χ3n) is 5.90. The molecule has 0 saturated carbocycles. The number of aliphatic hydroxyl groups is 1. The number of Topliss-reactive ketones (excluding diaryl/α,β-unsaturated/α-hetero) is 1. The van der Waals surface area contributed by atoms with Gasteiger partial charge < -0.3 is 24.7 Å². The van der Waals surface area contributed by atoms with Crippen LogP contribution in [0.5, 0.6) is 11.5 Å². The number of phenols is 1. The SMILES string of the molecule is CCOc1ccc(/C(O)=C2/C(=O)C(=O)N(CCN(C)C)C2c2ccc(O)cc2)cc1C(C)(C)C. The van der Waals surface area contributed by atoms with Gasteiger partial charge in [0, 0.05) is 24.2 Å². The Morgan fingerprint density at radius 1 is 1.09 bits per heavy atom. The number of hydrogen-bond acceptors (Lipinski definition) is 6. The molecule has 2 N–H and O–H groups in total. The Bertz CT molecular complexity index is 1100. The molecule has 1 atom stereocenters. The topological polar surface area (TPSA) is 90.3 Å². The highest BCUT2D eigenvalue weighted by Crippen LogP contribution is 2.41. The van der Waals surface area contributed by atoms with Gasteiger partial charge in [-0.05, 0) is 62.3 Å². The molecule has 1 unspecified atom stereocenters. The van der Waals surface area contributed by atoms with E-state index in [2.05, 4.69) is 0 Å². The minimum absolute atomic E-state index is 0.0402. The van der Waals surface area contributed by atoms with Crippen LogP contribution in [0.25, 0.3) is 5.76 Å². The van der Waals surface area contributed by atoms with Gasteiger partial charge >= 0.3 is 0 Å². The molecule has 1 amide bonds. The van der Waals surface area contributed by atoms with Gasteiger partial charge in [0.25, 0.3) is 11.7 Å². The van der Waals surface area contributed by atoms with E-state index in [1.54, 1.807) is 24.3 Å². The van der Waals surface area contributed by atoms with Crippen LogP contribution in [0.15, 0.2) is 48.0 Å². The Kier molecular flexibility index (Phi) is 7.36. The Labute approximate surface area is 201 Å². The number of aliphatic hydroxyl groups excluding tert-OH is 1. The number of ether oxygens (including phenoxy) is 1. The molecule has 182 valence electrons. The van der Waals surface area contributed by atoms with Crippen molar-refractivity contribution < 1.29 is 24.5 Å². The van der Waals surface area contributed by atoms with Gasteiger partial charge in [0.2, 0.25) is 0 Å². The highest BCUT2D eigenvalue weighted by Gasteiger charge is 2.46. The van der Waals surface area contributed by atoms with E-state index >= 15 is 0 Å². The first-order valence-corrected chi connectivity index (χ1v) is 11.5. The summed E-state index contributed by atoms with van der Waals surface area (Å²) in [7, 11) is 3.78. The van der Waals surface area contributed by atoms with Gasteiger partial charge in [0.15, 0.2) is 0 Å². The van der Waals surface area contributed by atoms with E-state index in [1.807, 2.05) is 52.8 Å². The second-order valence-electron chi connectivity index (χ2n) is 9.78. The maximum absolute atomic E-state index is 13.2. The molecule has 0 aromatic heterocycles. The van der Waals surface area contributed by atoms with Gasteiger partial charge in [-0.25, -0.2) is 0 Å². The van der Waals surface area contributed by atoms with Gasteiger partial charge in [0.05, 0.1) is 18.2 Å². The number of carbonyl (C=O) groups is 2. The smallest absolute Gasteiger partial charge is 0.295 e. The summed E-state index contributed by atoms with van der Waals surface area (Å²) in [5, 5.41) is 21.1. The quantitative estimate of drug-likeness (QED) is 0.363. The van der Waals surface area contributed by atoms with Crippen molar-refractivity contribution in [2.75, 3.05) is 33.8 Å². The van der Waals surface area contributed by atoms with Gasteiger partial charge in [-0.3, -0.25) is 9.59 Å². The van der Waals surface area contributed by atoms with Gasteiger partial charge in [-0.1, -0.05) is 32.9 Å². The molecule has 0 radical (unpaired) electrons. The van der Waals surface area contributed by atoms with Crippen molar-refractivity contribution in [2.24, 2.45) is 0 Å². The lowest BCUT2D eigenvalue weighted by Gasteiger charge is -2.27. The summed E-state index contributed by atoms with van der Waals surface area (Å²) in [6, 6.07) is 10.9. The van der Waals surface area contributed by atoms with E-state index in [1.165, 1.54) is 17.0 Å². The number of hydrogen-bond donors (Lipinski definition) is 2. The van der Waals surface area contributed by atoms with Crippen LogP contribution in [-0.4, -0.2) is 65.5 Å². The van der Waals surface area contributed by atoms with E-state index in [4.69, 9.17) is 4.74 Å². The number of nitrogens with zero attached hydrogens (tertiary/aromatic N) is 2. The molecule has 0 aliphatic carbocycles. The van der Waals surface area contributed by atoms with E-state index < -0.39 is 17.7 Å². The van der Waals surface area contributed by atoms with Crippen molar-refractivity contribution in [1.29, 1.82) is 0 Å². The van der Waals surface area contributed by atoms with Crippen LogP contribution in [0.2, 0.25) is 0 Å². The van der Waals surface area contributed by atoms with Gasteiger partial charge in [-0.15, -0.1) is 0 Å². The lowest BCUT2D eigenvalue weighted by atomic mass is 9.84. The van der Waals surface area contributed by atoms with E-state index in [-0.39, 0.29) is 22.5 Å². The molecule has 34 heavy (non-hydrogen) atoms. The highest BCUT2D eigenvalue weighted by atomic mass is 16.5. The first kappa shape index (κ1) is 25.3. The summed E-state index contributed by atoms with van der Waals surface area (Å²) in [6.07, 6.45) is 0. The van der Waals surface area contributed by atoms with Crippen LogP contribution in [-0.2, 0) is 15.0 Å². The van der Waals surface area contributed by atoms with Crippen LogP contribution in [0.4, 0.5) is 0 Å². The van der Waals surface area contributed by atoms with Crippen LogP contribution < -0.4 is 4.74 Å². The molecule has 2 aromatic carbocycles. The fourth-order valence-electron chi connectivity index (χ4n) is 4.12. The fraction of sp³-hybridized carbons (Fsp3) is 0.407. The number of aromatic hydroxyl groups is 1. The number of likely N-dealkylation sites (N-methyl/N-ethyl adjacent to an activating group) is 1. The summed E-state index contributed by atoms with van der Waals surface area (Å²) in [6.45, 7) is 9.43. The molecular formula is C27H34N2O5. The molecule has 1 saturated heterocycles. The minimum atomic E-state index is -0.759. The third-order valence-corrected chi connectivity index (χ3v) is 5.90. The molecule has 3 rings (SSSR count). The number of ketones is 1. The maximum Gasteiger partial charge on any atom is 0.295 e. The van der Waals surface area contributed by atoms with Crippen LogP contribution in [0, 0.1) is 0 Å².